The summed E-state index contributed by atoms with van der Waals surface area (Å²) in [6.45, 7) is 5.21. The fourth-order valence-electron chi connectivity index (χ4n) is 1.38. The molecule has 0 saturated heterocycles. The topological polar surface area (TPSA) is 83.5 Å². The van der Waals surface area contributed by atoms with Crippen LogP contribution in [0.15, 0.2) is 0 Å². The van der Waals surface area contributed by atoms with Crippen molar-refractivity contribution in [3.63, 3.8) is 0 Å². The van der Waals surface area contributed by atoms with Crippen molar-refractivity contribution in [1.82, 2.24) is 5.32 Å². The van der Waals surface area contributed by atoms with E-state index in [1.54, 1.807) is 0 Å². The van der Waals surface area contributed by atoms with Gasteiger partial charge in [0.2, 0.25) is 0 Å². The highest BCUT2D eigenvalue weighted by Gasteiger charge is 2.18. The first-order valence-electron chi connectivity index (χ1n) is 5.73. The number of carboxylic acids is 1. The quantitative estimate of drug-likeness (QED) is 0.605. The van der Waals surface area contributed by atoms with Gasteiger partial charge in [0.25, 0.3) is 0 Å². The second kappa shape index (κ2) is 6.96. The predicted octanol–water partition coefficient (Wildman–Crippen LogP) is 0.902. The summed E-state index contributed by atoms with van der Waals surface area (Å²) < 4.78 is 21.7. The van der Waals surface area contributed by atoms with Crippen molar-refractivity contribution in [3.8, 4) is 0 Å². The minimum Gasteiger partial charge on any atom is -0.481 e. The van der Waals surface area contributed by atoms with Gasteiger partial charge in [-0.25, -0.2) is 8.42 Å². The maximum Gasteiger partial charge on any atom is 0.303 e. The lowest BCUT2D eigenvalue weighted by Gasteiger charge is -2.23. The SMILES string of the molecule is CC(C)(CCNCCS(C)(=O)=O)CCC(=O)O. The molecule has 5 nitrogen and oxygen atoms in total. The Morgan fingerprint density at radius 2 is 1.82 bits per heavy atom. The van der Waals surface area contributed by atoms with Gasteiger partial charge >= 0.3 is 5.97 Å². The van der Waals surface area contributed by atoms with E-state index in [2.05, 4.69) is 5.32 Å². The van der Waals surface area contributed by atoms with Crippen molar-refractivity contribution >= 4 is 15.8 Å². The Labute approximate surface area is 104 Å². The molecule has 0 aromatic carbocycles. The highest BCUT2D eigenvalue weighted by molar-refractivity contribution is 7.90. The molecule has 102 valence electrons. The lowest BCUT2D eigenvalue weighted by atomic mass is 9.84. The van der Waals surface area contributed by atoms with Crippen LogP contribution in [0.4, 0.5) is 0 Å². The van der Waals surface area contributed by atoms with Crippen LogP contribution < -0.4 is 5.32 Å². The summed E-state index contributed by atoms with van der Waals surface area (Å²) in [7, 11) is -2.90. The third-order valence-electron chi connectivity index (χ3n) is 2.64. The van der Waals surface area contributed by atoms with E-state index >= 15 is 0 Å². The van der Waals surface area contributed by atoms with Crippen molar-refractivity contribution < 1.29 is 18.3 Å². The Bertz CT molecular complexity index is 335. The first kappa shape index (κ1) is 16.4. The first-order valence-corrected chi connectivity index (χ1v) is 7.79. The standard InChI is InChI=1S/C11H23NO4S/c1-11(2,5-4-10(13)14)6-7-12-8-9-17(3,15)16/h12H,4-9H2,1-3H3,(H,13,14). The fourth-order valence-corrected chi connectivity index (χ4v) is 1.89. The molecular weight excluding hydrogens is 242 g/mol. The highest BCUT2D eigenvalue weighted by Crippen LogP contribution is 2.25. The van der Waals surface area contributed by atoms with E-state index in [-0.39, 0.29) is 17.6 Å². The summed E-state index contributed by atoms with van der Waals surface area (Å²) >= 11 is 0. The maximum atomic E-state index is 10.9. The zero-order valence-corrected chi connectivity index (χ0v) is 11.6. The van der Waals surface area contributed by atoms with Crippen molar-refractivity contribution in [3.05, 3.63) is 0 Å². The lowest BCUT2D eigenvalue weighted by Crippen LogP contribution is -2.27. The van der Waals surface area contributed by atoms with E-state index < -0.39 is 15.8 Å². The van der Waals surface area contributed by atoms with E-state index in [0.29, 0.717) is 19.5 Å². The van der Waals surface area contributed by atoms with Crippen LogP contribution in [-0.4, -0.2) is 44.6 Å². The molecular formula is C11H23NO4S. The van der Waals surface area contributed by atoms with Gasteiger partial charge in [0.15, 0.2) is 0 Å². The van der Waals surface area contributed by atoms with Gasteiger partial charge in [0.1, 0.15) is 9.84 Å². The van der Waals surface area contributed by atoms with Gasteiger partial charge in [-0.05, 0) is 24.8 Å². The number of hydrogen-bond donors (Lipinski definition) is 2. The van der Waals surface area contributed by atoms with E-state index in [1.165, 1.54) is 6.26 Å². The summed E-state index contributed by atoms with van der Waals surface area (Å²) in [5.74, 6) is -0.633. The molecule has 0 aliphatic heterocycles. The molecule has 0 saturated carbocycles. The molecule has 2 N–H and O–H groups in total. The average Bonchev–Trinajstić information content (AvgIpc) is 2.12. The molecule has 0 aliphatic rings. The number of hydrogen-bond acceptors (Lipinski definition) is 4. The third kappa shape index (κ3) is 11.6. The van der Waals surface area contributed by atoms with Gasteiger partial charge in [-0.1, -0.05) is 13.8 Å². The number of carboxylic acid groups (broad SMARTS) is 1. The minimum absolute atomic E-state index is 0.0313. The minimum atomic E-state index is -2.90. The highest BCUT2D eigenvalue weighted by atomic mass is 32.2. The maximum absolute atomic E-state index is 10.9. The lowest BCUT2D eigenvalue weighted by molar-refractivity contribution is -0.137. The molecule has 0 unspecified atom stereocenters. The molecule has 0 radical (unpaired) electrons. The van der Waals surface area contributed by atoms with Crippen LogP contribution >= 0.6 is 0 Å². The molecule has 0 aromatic rings. The largest absolute Gasteiger partial charge is 0.481 e. The second-order valence-electron chi connectivity index (χ2n) is 5.19. The molecule has 0 heterocycles. The van der Waals surface area contributed by atoms with Crippen LogP contribution in [0.5, 0.6) is 0 Å². The number of aliphatic carboxylic acids is 1. The summed E-state index contributed by atoms with van der Waals surface area (Å²) in [6, 6.07) is 0. The second-order valence-corrected chi connectivity index (χ2v) is 7.45. The summed E-state index contributed by atoms with van der Waals surface area (Å²) in [5, 5.41) is 11.7. The van der Waals surface area contributed by atoms with Gasteiger partial charge in [0.05, 0.1) is 5.75 Å². The molecule has 17 heavy (non-hydrogen) atoms. The predicted molar refractivity (Wildman–Crippen MR) is 67.8 cm³/mol. The molecule has 0 aromatic heterocycles. The average molecular weight is 265 g/mol. The molecule has 6 heteroatoms. The van der Waals surface area contributed by atoms with E-state index in [0.717, 1.165) is 6.42 Å². The van der Waals surface area contributed by atoms with Gasteiger partial charge < -0.3 is 10.4 Å². The monoisotopic (exact) mass is 265 g/mol. The number of carbonyl (C=O) groups is 1. The Morgan fingerprint density at radius 3 is 2.29 bits per heavy atom. The van der Waals surface area contributed by atoms with E-state index in [4.69, 9.17) is 5.11 Å². The van der Waals surface area contributed by atoms with Crippen molar-refractivity contribution in [2.24, 2.45) is 5.41 Å². The van der Waals surface area contributed by atoms with Crippen LogP contribution in [0.2, 0.25) is 0 Å². The molecule has 0 atom stereocenters. The molecule has 0 amide bonds. The molecule has 0 fully saturated rings. The van der Waals surface area contributed by atoms with Gasteiger partial charge in [-0.3, -0.25) is 4.79 Å². The number of sulfone groups is 1. The number of nitrogens with one attached hydrogen (secondary N) is 1. The third-order valence-corrected chi connectivity index (χ3v) is 3.59. The Morgan fingerprint density at radius 1 is 1.24 bits per heavy atom. The summed E-state index contributed by atoms with van der Waals surface area (Å²) in [5.41, 5.74) is -0.0313. The van der Waals surface area contributed by atoms with Crippen LogP contribution in [0.1, 0.15) is 33.1 Å². The van der Waals surface area contributed by atoms with E-state index in [9.17, 15) is 13.2 Å². The van der Waals surface area contributed by atoms with Crippen LogP contribution in [0.25, 0.3) is 0 Å². The van der Waals surface area contributed by atoms with Gasteiger partial charge in [-0.15, -0.1) is 0 Å². The van der Waals surface area contributed by atoms with Crippen molar-refractivity contribution in [2.75, 3.05) is 25.1 Å². The fraction of sp³-hybridized carbons (Fsp3) is 0.909. The van der Waals surface area contributed by atoms with Crippen molar-refractivity contribution in [2.45, 2.75) is 33.1 Å². The Kier molecular flexibility index (Phi) is 6.70. The smallest absolute Gasteiger partial charge is 0.303 e. The van der Waals surface area contributed by atoms with Crippen LogP contribution in [0.3, 0.4) is 0 Å². The molecule has 0 rings (SSSR count). The number of rotatable bonds is 9. The Balaban J connectivity index is 3.69. The van der Waals surface area contributed by atoms with Crippen LogP contribution in [-0.2, 0) is 14.6 Å². The molecule has 0 aliphatic carbocycles. The first-order chi connectivity index (χ1) is 7.62. The van der Waals surface area contributed by atoms with E-state index in [1.807, 2.05) is 13.8 Å². The summed E-state index contributed by atoms with van der Waals surface area (Å²) in [6.07, 6.45) is 2.86. The van der Waals surface area contributed by atoms with Gasteiger partial charge in [0, 0.05) is 19.2 Å². The van der Waals surface area contributed by atoms with Gasteiger partial charge in [-0.2, -0.15) is 0 Å². The normalized spacial score (nSPS) is 12.6. The van der Waals surface area contributed by atoms with Crippen molar-refractivity contribution in [1.29, 1.82) is 0 Å². The summed E-state index contributed by atoms with van der Waals surface area (Å²) in [4.78, 5) is 10.5. The zero-order chi connectivity index (χ0) is 13.5. The zero-order valence-electron chi connectivity index (χ0n) is 10.8. The van der Waals surface area contributed by atoms with Crippen LogP contribution in [0, 0.1) is 5.41 Å². The molecule has 0 bridgehead atoms. The molecule has 0 spiro atoms. The Hall–Kier alpha value is -0.620.